The number of nitrogens with zero attached hydrogens (tertiary/aromatic N) is 2. The highest BCUT2D eigenvalue weighted by atomic mass is 19.1. The molecule has 5 N–H and O–H groups in total. The van der Waals surface area contributed by atoms with Gasteiger partial charge in [0.05, 0.1) is 6.42 Å². The zero-order valence-electron chi connectivity index (χ0n) is 15.5. The first-order valence-corrected chi connectivity index (χ1v) is 8.79. The summed E-state index contributed by atoms with van der Waals surface area (Å²) in [5.74, 6) is -0.803. The van der Waals surface area contributed by atoms with Gasteiger partial charge in [0, 0.05) is 30.3 Å². The quantitative estimate of drug-likeness (QED) is 0.530. The number of hydrogen-bond donors (Lipinski definition) is 4. The van der Waals surface area contributed by atoms with Crippen molar-refractivity contribution in [2.75, 3.05) is 17.7 Å². The van der Waals surface area contributed by atoms with E-state index in [4.69, 9.17) is 15.9 Å². The lowest BCUT2D eigenvalue weighted by atomic mass is 10.0. The monoisotopic (exact) mass is 376 g/mol. The number of nitrogens with one attached hydrogen (secondary N) is 1. The minimum Gasteiger partial charge on any atom is -0.481 e. The molecule has 2 aromatic rings. The Hall–Kier alpha value is -2.74. The highest BCUT2D eigenvalue weighted by Gasteiger charge is 2.16. The highest BCUT2D eigenvalue weighted by Crippen LogP contribution is 2.24. The standard InChI is InChI=1S/C19H25FN4O3/c1-11(4-3-7-25)22-18-15(12(2)23-19(21)24-18)10-14-6-5-13(8-16(14)20)9-17(26)27/h5-6,8,11,25H,3-4,7,9-10H2,1-2H3,(H,26,27)(H3,21,22,23,24). The van der Waals surface area contributed by atoms with Crippen LogP contribution in [0.1, 0.15) is 42.1 Å². The Morgan fingerprint density at radius 1 is 1.37 bits per heavy atom. The van der Waals surface area contributed by atoms with E-state index in [9.17, 15) is 9.18 Å². The van der Waals surface area contributed by atoms with Gasteiger partial charge in [-0.05, 0) is 43.9 Å². The number of nitrogens with two attached hydrogens (primary N) is 1. The maximum Gasteiger partial charge on any atom is 0.307 e. The Kier molecular flexibility index (Phi) is 7.06. The molecule has 0 spiro atoms. The fraction of sp³-hybridized carbons (Fsp3) is 0.421. The van der Waals surface area contributed by atoms with Crippen LogP contribution in [0.15, 0.2) is 18.2 Å². The van der Waals surface area contributed by atoms with Gasteiger partial charge in [0.2, 0.25) is 5.95 Å². The molecule has 1 aromatic carbocycles. The van der Waals surface area contributed by atoms with Crippen LogP contribution in [0.4, 0.5) is 16.2 Å². The molecule has 0 amide bonds. The molecule has 2 rings (SSSR count). The van der Waals surface area contributed by atoms with Crippen molar-refractivity contribution in [1.82, 2.24) is 9.97 Å². The molecule has 1 aromatic heterocycles. The van der Waals surface area contributed by atoms with Crippen LogP contribution in [-0.2, 0) is 17.6 Å². The summed E-state index contributed by atoms with van der Waals surface area (Å²) in [6, 6.07) is 4.49. The zero-order valence-corrected chi connectivity index (χ0v) is 15.5. The number of benzene rings is 1. The number of rotatable bonds is 9. The molecule has 0 saturated heterocycles. The van der Waals surface area contributed by atoms with Crippen molar-refractivity contribution >= 4 is 17.7 Å². The minimum atomic E-state index is -1.01. The summed E-state index contributed by atoms with van der Waals surface area (Å²) in [6.45, 7) is 3.86. The molecule has 8 heteroatoms. The molecule has 27 heavy (non-hydrogen) atoms. The summed E-state index contributed by atoms with van der Waals surface area (Å²) in [4.78, 5) is 19.2. The Balaban J connectivity index is 2.28. The molecule has 0 aliphatic heterocycles. The molecular formula is C19H25FN4O3. The second-order valence-corrected chi connectivity index (χ2v) is 6.58. The van der Waals surface area contributed by atoms with E-state index in [0.717, 1.165) is 12.0 Å². The van der Waals surface area contributed by atoms with Gasteiger partial charge in [-0.25, -0.2) is 9.37 Å². The number of aliphatic hydroxyl groups excluding tert-OH is 1. The molecule has 0 bridgehead atoms. The van der Waals surface area contributed by atoms with Crippen LogP contribution in [0.25, 0.3) is 0 Å². The SMILES string of the molecule is Cc1nc(N)nc(NC(C)CCCO)c1Cc1ccc(CC(=O)O)cc1F. The van der Waals surface area contributed by atoms with Crippen molar-refractivity contribution in [1.29, 1.82) is 0 Å². The average Bonchev–Trinajstić information content (AvgIpc) is 2.57. The van der Waals surface area contributed by atoms with E-state index in [2.05, 4.69) is 15.3 Å². The number of anilines is 2. The Labute approximate surface area is 157 Å². The third-order valence-electron chi connectivity index (χ3n) is 4.25. The van der Waals surface area contributed by atoms with Crippen LogP contribution in [-0.4, -0.2) is 38.8 Å². The number of halogens is 1. The molecule has 146 valence electrons. The van der Waals surface area contributed by atoms with E-state index >= 15 is 0 Å². The van der Waals surface area contributed by atoms with E-state index in [-0.39, 0.29) is 31.4 Å². The van der Waals surface area contributed by atoms with Crippen LogP contribution in [0, 0.1) is 12.7 Å². The molecule has 1 unspecified atom stereocenters. The maximum absolute atomic E-state index is 14.5. The number of carboxylic acids is 1. The van der Waals surface area contributed by atoms with Crippen LogP contribution < -0.4 is 11.1 Å². The normalized spacial score (nSPS) is 12.0. The summed E-state index contributed by atoms with van der Waals surface area (Å²) in [5, 5.41) is 21.1. The number of aryl methyl sites for hydroxylation is 1. The second-order valence-electron chi connectivity index (χ2n) is 6.58. The van der Waals surface area contributed by atoms with E-state index in [1.807, 2.05) is 6.92 Å². The van der Waals surface area contributed by atoms with Crippen LogP contribution in [0.2, 0.25) is 0 Å². The summed E-state index contributed by atoms with van der Waals surface area (Å²) in [5.41, 5.74) is 7.97. The second kappa shape index (κ2) is 9.27. The number of aromatic nitrogens is 2. The predicted octanol–water partition coefficient (Wildman–Crippen LogP) is 2.30. The van der Waals surface area contributed by atoms with Crippen molar-refractivity contribution in [3.8, 4) is 0 Å². The van der Waals surface area contributed by atoms with Crippen molar-refractivity contribution < 1.29 is 19.4 Å². The molecule has 7 nitrogen and oxygen atoms in total. The molecule has 1 atom stereocenters. The topological polar surface area (TPSA) is 121 Å². The first kappa shape index (κ1) is 20.6. The fourth-order valence-corrected chi connectivity index (χ4v) is 2.86. The highest BCUT2D eigenvalue weighted by molar-refractivity contribution is 5.70. The number of carbonyl (C=O) groups is 1. The number of carboxylic acid groups (broad SMARTS) is 1. The first-order valence-electron chi connectivity index (χ1n) is 8.79. The van der Waals surface area contributed by atoms with Crippen molar-refractivity contribution in [3.63, 3.8) is 0 Å². The van der Waals surface area contributed by atoms with Crippen LogP contribution >= 0.6 is 0 Å². The van der Waals surface area contributed by atoms with Crippen LogP contribution in [0.5, 0.6) is 0 Å². The number of hydrogen-bond acceptors (Lipinski definition) is 6. The van der Waals surface area contributed by atoms with Crippen molar-refractivity contribution in [3.05, 3.63) is 46.4 Å². The van der Waals surface area contributed by atoms with Crippen LogP contribution in [0.3, 0.4) is 0 Å². The molecule has 0 aliphatic carbocycles. The van der Waals surface area contributed by atoms with Gasteiger partial charge in [0.15, 0.2) is 0 Å². The summed E-state index contributed by atoms with van der Waals surface area (Å²) in [7, 11) is 0. The molecule has 0 saturated carbocycles. The third-order valence-corrected chi connectivity index (χ3v) is 4.25. The molecule has 0 radical (unpaired) electrons. The summed E-state index contributed by atoms with van der Waals surface area (Å²) in [6.07, 6.45) is 1.43. The summed E-state index contributed by atoms with van der Waals surface area (Å²) >= 11 is 0. The number of aliphatic hydroxyl groups is 1. The van der Waals surface area contributed by atoms with Gasteiger partial charge in [-0.2, -0.15) is 4.98 Å². The van der Waals surface area contributed by atoms with Gasteiger partial charge < -0.3 is 21.3 Å². The maximum atomic E-state index is 14.5. The zero-order chi connectivity index (χ0) is 20.0. The van der Waals surface area contributed by atoms with E-state index in [1.54, 1.807) is 19.1 Å². The number of aliphatic carboxylic acids is 1. The van der Waals surface area contributed by atoms with Gasteiger partial charge in [-0.3, -0.25) is 4.79 Å². The third kappa shape index (κ3) is 5.89. The lowest BCUT2D eigenvalue weighted by Crippen LogP contribution is -2.19. The molecule has 0 fully saturated rings. The minimum absolute atomic E-state index is 0.0485. The lowest BCUT2D eigenvalue weighted by molar-refractivity contribution is -0.136. The summed E-state index contributed by atoms with van der Waals surface area (Å²) < 4.78 is 14.5. The van der Waals surface area contributed by atoms with E-state index in [1.165, 1.54) is 6.07 Å². The van der Waals surface area contributed by atoms with Gasteiger partial charge in [-0.15, -0.1) is 0 Å². The Morgan fingerprint density at radius 3 is 2.74 bits per heavy atom. The van der Waals surface area contributed by atoms with Crippen molar-refractivity contribution in [2.45, 2.75) is 45.6 Å². The Bertz CT molecular complexity index is 814. The molecule has 0 aliphatic rings. The molecular weight excluding hydrogens is 351 g/mol. The molecule has 1 heterocycles. The predicted molar refractivity (Wildman–Crippen MR) is 101 cm³/mol. The van der Waals surface area contributed by atoms with E-state index in [0.29, 0.717) is 29.1 Å². The fourth-order valence-electron chi connectivity index (χ4n) is 2.86. The van der Waals surface area contributed by atoms with Gasteiger partial charge in [-0.1, -0.05) is 12.1 Å². The van der Waals surface area contributed by atoms with Gasteiger partial charge in [0.25, 0.3) is 0 Å². The van der Waals surface area contributed by atoms with E-state index < -0.39 is 11.8 Å². The smallest absolute Gasteiger partial charge is 0.307 e. The van der Waals surface area contributed by atoms with Gasteiger partial charge >= 0.3 is 5.97 Å². The first-order chi connectivity index (χ1) is 12.8. The average molecular weight is 376 g/mol. The Morgan fingerprint density at radius 2 is 2.11 bits per heavy atom. The van der Waals surface area contributed by atoms with Gasteiger partial charge in [0.1, 0.15) is 11.6 Å². The van der Waals surface area contributed by atoms with Crippen molar-refractivity contribution in [2.24, 2.45) is 0 Å². The largest absolute Gasteiger partial charge is 0.481 e. The number of nitrogen functional groups attached to an aromatic ring is 1. The lowest BCUT2D eigenvalue weighted by Gasteiger charge is -2.19.